The molecule has 1 aliphatic rings. The number of nitrogens with zero attached hydrogens (tertiary/aromatic N) is 3. The number of anilines is 1. The lowest BCUT2D eigenvalue weighted by molar-refractivity contribution is 0.776. The van der Waals surface area contributed by atoms with Crippen molar-refractivity contribution < 1.29 is 0 Å². The first-order chi connectivity index (χ1) is 8.34. The van der Waals surface area contributed by atoms with Crippen LogP contribution in [-0.2, 0) is 7.05 Å². The molecule has 1 aliphatic heterocycles. The summed E-state index contributed by atoms with van der Waals surface area (Å²) >= 11 is 0. The Bertz CT molecular complexity index is 492. The molecule has 1 saturated heterocycles. The Labute approximate surface area is 102 Å². The SMILES string of the molecule is Cn1nccc1-c1ccc(N2CCCC2)cc1. The van der Waals surface area contributed by atoms with Crippen LogP contribution in [0.15, 0.2) is 36.5 Å². The van der Waals surface area contributed by atoms with Crippen molar-refractivity contribution in [3.63, 3.8) is 0 Å². The van der Waals surface area contributed by atoms with Crippen molar-refractivity contribution in [1.29, 1.82) is 0 Å². The summed E-state index contributed by atoms with van der Waals surface area (Å²) in [6.07, 6.45) is 4.48. The maximum absolute atomic E-state index is 4.20. The van der Waals surface area contributed by atoms with E-state index in [4.69, 9.17) is 0 Å². The first kappa shape index (κ1) is 10.4. The van der Waals surface area contributed by atoms with Crippen LogP contribution in [0.5, 0.6) is 0 Å². The van der Waals surface area contributed by atoms with Gasteiger partial charge in [0.05, 0.1) is 5.69 Å². The third kappa shape index (κ3) is 1.93. The first-order valence-electron chi connectivity index (χ1n) is 6.18. The lowest BCUT2D eigenvalue weighted by Crippen LogP contribution is -2.17. The van der Waals surface area contributed by atoms with Crippen LogP contribution in [0, 0.1) is 0 Å². The number of rotatable bonds is 2. The Morgan fingerprint density at radius 1 is 1.00 bits per heavy atom. The Balaban J connectivity index is 1.87. The van der Waals surface area contributed by atoms with Gasteiger partial charge in [0.1, 0.15) is 0 Å². The number of hydrogen-bond acceptors (Lipinski definition) is 2. The molecule has 0 N–H and O–H groups in total. The first-order valence-corrected chi connectivity index (χ1v) is 6.18. The molecule has 0 bridgehead atoms. The molecule has 1 aromatic heterocycles. The average Bonchev–Trinajstić information content (AvgIpc) is 3.00. The highest BCUT2D eigenvalue weighted by molar-refractivity contribution is 5.63. The van der Waals surface area contributed by atoms with Crippen LogP contribution in [-0.4, -0.2) is 22.9 Å². The molecule has 3 nitrogen and oxygen atoms in total. The Hall–Kier alpha value is -1.77. The summed E-state index contributed by atoms with van der Waals surface area (Å²) in [5.41, 5.74) is 3.74. The van der Waals surface area contributed by atoms with Gasteiger partial charge in [-0.2, -0.15) is 5.10 Å². The lowest BCUT2D eigenvalue weighted by atomic mass is 10.1. The van der Waals surface area contributed by atoms with E-state index >= 15 is 0 Å². The largest absolute Gasteiger partial charge is 0.372 e. The van der Waals surface area contributed by atoms with E-state index in [0.717, 1.165) is 5.69 Å². The van der Waals surface area contributed by atoms with E-state index in [9.17, 15) is 0 Å². The molecule has 3 heteroatoms. The Morgan fingerprint density at radius 3 is 2.29 bits per heavy atom. The second-order valence-electron chi connectivity index (χ2n) is 4.58. The molecule has 2 aromatic rings. The molecule has 0 unspecified atom stereocenters. The molecule has 17 heavy (non-hydrogen) atoms. The molecule has 1 aromatic carbocycles. The molecule has 0 amide bonds. The summed E-state index contributed by atoms with van der Waals surface area (Å²) in [5, 5.41) is 4.20. The zero-order valence-corrected chi connectivity index (χ0v) is 10.1. The van der Waals surface area contributed by atoms with Crippen molar-refractivity contribution >= 4 is 5.69 Å². The molecule has 88 valence electrons. The maximum atomic E-state index is 4.20. The number of aromatic nitrogens is 2. The van der Waals surface area contributed by atoms with Crippen LogP contribution < -0.4 is 4.90 Å². The van der Waals surface area contributed by atoms with Gasteiger partial charge in [-0.3, -0.25) is 4.68 Å². The fraction of sp³-hybridized carbons (Fsp3) is 0.357. The van der Waals surface area contributed by atoms with Crippen molar-refractivity contribution in [2.45, 2.75) is 12.8 Å². The van der Waals surface area contributed by atoms with Crippen molar-refractivity contribution in [3.05, 3.63) is 36.5 Å². The quantitative estimate of drug-likeness (QED) is 0.786. The minimum Gasteiger partial charge on any atom is -0.372 e. The topological polar surface area (TPSA) is 21.1 Å². The predicted molar refractivity (Wildman–Crippen MR) is 70.1 cm³/mol. The molecule has 0 spiro atoms. The van der Waals surface area contributed by atoms with E-state index in [2.05, 4.69) is 34.3 Å². The fourth-order valence-electron chi connectivity index (χ4n) is 2.48. The Morgan fingerprint density at radius 2 is 1.71 bits per heavy atom. The molecular formula is C14H17N3. The van der Waals surface area contributed by atoms with Crippen molar-refractivity contribution in [3.8, 4) is 11.3 Å². The van der Waals surface area contributed by atoms with Crippen LogP contribution in [0.3, 0.4) is 0 Å². The highest BCUT2D eigenvalue weighted by Gasteiger charge is 2.12. The summed E-state index contributed by atoms with van der Waals surface area (Å²) in [5.74, 6) is 0. The molecule has 0 aliphatic carbocycles. The molecule has 2 heterocycles. The smallest absolute Gasteiger partial charge is 0.0678 e. The van der Waals surface area contributed by atoms with E-state index < -0.39 is 0 Å². The van der Waals surface area contributed by atoms with E-state index in [-0.39, 0.29) is 0 Å². The monoisotopic (exact) mass is 227 g/mol. The van der Waals surface area contributed by atoms with Gasteiger partial charge < -0.3 is 4.90 Å². The predicted octanol–water partition coefficient (Wildman–Crippen LogP) is 2.69. The number of hydrogen-bond donors (Lipinski definition) is 0. The summed E-state index contributed by atoms with van der Waals surface area (Å²) in [6, 6.07) is 10.8. The van der Waals surface area contributed by atoms with E-state index in [1.165, 1.54) is 37.2 Å². The number of aryl methyl sites for hydroxylation is 1. The third-order valence-electron chi connectivity index (χ3n) is 3.46. The molecule has 3 rings (SSSR count). The minimum absolute atomic E-state index is 1.16. The standard InChI is InChI=1S/C14H17N3/c1-16-14(8-9-15-16)12-4-6-13(7-5-12)17-10-2-3-11-17/h4-9H,2-3,10-11H2,1H3. The molecular weight excluding hydrogens is 210 g/mol. The van der Waals surface area contributed by atoms with Gasteiger partial charge in [-0.15, -0.1) is 0 Å². The van der Waals surface area contributed by atoms with Gasteiger partial charge in [0.15, 0.2) is 0 Å². The molecule has 0 radical (unpaired) electrons. The normalized spacial score (nSPS) is 15.5. The van der Waals surface area contributed by atoms with Gasteiger partial charge in [-0.1, -0.05) is 12.1 Å². The van der Waals surface area contributed by atoms with Gasteiger partial charge in [-0.25, -0.2) is 0 Å². The van der Waals surface area contributed by atoms with Gasteiger partial charge in [0.2, 0.25) is 0 Å². The molecule has 0 atom stereocenters. The summed E-state index contributed by atoms with van der Waals surface area (Å²) in [6.45, 7) is 2.40. The summed E-state index contributed by atoms with van der Waals surface area (Å²) < 4.78 is 1.91. The highest BCUT2D eigenvalue weighted by Crippen LogP contribution is 2.24. The van der Waals surface area contributed by atoms with Gasteiger partial charge >= 0.3 is 0 Å². The van der Waals surface area contributed by atoms with E-state index in [1.807, 2.05) is 24.0 Å². The van der Waals surface area contributed by atoms with Gasteiger partial charge in [-0.05, 0) is 36.6 Å². The zero-order valence-electron chi connectivity index (χ0n) is 10.1. The van der Waals surface area contributed by atoms with Crippen molar-refractivity contribution in [1.82, 2.24) is 9.78 Å². The van der Waals surface area contributed by atoms with Crippen LogP contribution in [0.4, 0.5) is 5.69 Å². The summed E-state index contributed by atoms with van der Waals surface area (Å²) in [7, 11) is 1.98. The molecule has 1 fully saturated rings. The van der Waals surface area contributed by atoms with E-state index in [1.54, 1.807) is 0 Å². The number of benzene rings is 1. The van der Waals surface area contributed by atoms with Crippen LogP contribution in [0.2, 0.25) is 0 Å². The van der Waals surface area contributed by atoms with E-state index in [0.29, 0.717) is 0 Å². The van der Waals surface area contributed by atoms with Crippen LogP contribution in [0.1, 0.15) is 12.8 Å². The lowest BCUT2D eigenvalue weighted by Gasteiger charge is -2.17. The molecule has 0 saturated carbocycles. The second-order valence-corrected chi connectivity index (χ2v) is 4.58. The van der Waals surface area contributed by atoms with Crippen molar-refractivity contribution in [2.75, 3.05) is 18.0 Å². The van der Waals surface area contributed by atoms with Gasteiger partial charge in [0.25, 0.3) is 0 Å². The fourth-order valence-corrected chi connectivity index (χ4v) is 2.48. The second kappa shape index (κ2) is 4.24. The van der Waals surface area contributed by atoms with Gasteiger partial charge in [0, 0.05) is 32.0 Å². The van der Waals surface area contributed by atoms with Crippen LogP contribution >= 0.6 is 0 Å². The average molecular weight is 227 g/mol. The summed E-state index contributed by atoms with van der Waals surface area (Å²) in [4.78, 5) is 2.45. The third-order valence-corrected chi connectivity index (χ3v) is 3.46. The minimum atomic E-state index is 1.16. The van der Waals surface area contributed by atoms with Crippen LogP contribution in [0.25, 0.3) is 11.3 Å². The Kier molecular flexibility index (Phi) is 2.59. The zero-order chi connectivity index (χ0) is 11.7. The maximum Gasteiger partial charge on any atom is 0.0678 e. The van der Waals surface area contributed by atoms with Crippen molar-refractivity contribution in [2.24, 2.45) is 7.05 Å². The highest BCUT2D eigenvalue weighted by atomic mass is 15.3.